The molecule has 2 heterocycles. The van der Waals surface area contributed by atoms with Gasteiger partial charge in [0.1, 0.15) is 0 Å². The number of nitrogens with zero attached hydrogens (tertiary/aromatic N) is 3. The summed E-state index contributed by atoms with van der Waals surface area (Å²) >= 11 is 1.21. The topological polar surface area (TPSA) is 102 Å². The van der Waals surface area contributed by atoms with E-state index in [-0.39, 0.29) is 0 Å². The average molecular weight is 385 g/mol. The Kier molecular flexibility index (Phi) is 5.92. The Hall–Kier alpha value is -3.07. The van der Waals surface area contributed by atoms with E-state index in [0.717, 1.165) is 5.69 Å². The number of carbonyl (C=O) groups excluding carboxylic acids is 2. The van der Waals surface area contributed by atoms with Gasteiger partial charge in [-0.05, 0) is 38.1 Å². The number of hydrogen-bond acceptors (Lipinski definition) is 6. The molecule has 0 aliphatic rings. The van der Waals surface area contributed by atoms with E-state index in [0.29, 0.717) is 23.3 Å². The zero-order valence-electron chi connectivity index (χ0n) is 14.9. The van der Waals surface area contributed by atoms with Gasteiger partial charge >= 0.3 is 6.03 Å². The summed E-state index contributed by atoms with van der Waals surface area (Å²) in [7, 11) is 0. The van der Waals surface area contributed by atoms with Crippen LogP contribution in [0.5, 0.6) is 0 Å². The number of nitrogens with one attached hydrogen (secondary N) is 2. The van der Waals surface area contributed by atoms with Crippen LogP contribution in [0.3, 0.4) is 0 Å². The van der Waals surface area contributed by atoms with Crippen LogP contribution in [0, 0.1) is 0 Å². The van der Waals surface area contributed by atoms with Gasteiger partial charge in [-0.15, -0.1) is 10.2 Å². The van der Waals surface area contributed by atoms with Crippen molar-refractivity contribution in [2.24, 2.45) is 0 Å². The number of hydrogen-bond donors (Lipinski definition) is 2. The summed E-state index contributed by atoms with van der Waals surface area (Å²) in [6, 6.07) is 12.6. The summed E-state index contributed by atoms with van der Waals surface area (Å²) in [5.41, 5.74) is 0.840. The van der Waals surface area contributed by atoms with Crippen LogP contribution in [0.2, 0.25) is 0 Å². The van der Waals surface area contributed by atoms with Gasteiger partial charge in [0, 0.05) is 12.2 Å². The van der Waals surface area contributed by atoms with Crippen LogP contribution < -0.4 is 10.6 Å². The first-order chi connectivity index (χ1) is 13.1. The zero-order chi connectivity index (χ0) is 19.2. The molecule has 2 aromatic heterocycles. The zero-order valence-corrected chi connectivity index (χ0v) is 15.7. The Bertz CT molecular complexity index is 908. The molecule has 27 heavy (non-hydrogen) atoms. The maximum absolute atomic E-state index is 12.2. The van der Waals surface area contributed by atoms with Crippen LogP contribution in [0.25, 0.3) is 17.3 Å². The molecule has 3 aromatic rings. The van der Waals surface area contributed by atoms with Crippen molar-refractivity contribution in [2.75, 3.05) is 6.54 Å². The molecule has 1 atom stereocenters. The minimum atomic E-state index is -0.552. The summed E-state index contributed by atoms with van der Waals surface area (Å²) in [6.07, 6.45) is 1.56. The fraction of sp³-hybridized carbons (Fsp3) is 0.222. The molecule has 0 bridgehead atoms. The van der Waals surface area contributed by atoms with Crippen molar-refractivity contribution in [2.45, 2.75) is 24.3 Å². The van der Waals surface area contributed by atoms with Crippen LogP contribution in [0.4, 0.5) is 4.79 Å². The summed E-state index contributed by atoms with van der Waals surface area (Å²) in [5.74, 6) is 0.691. The van der Waals surface area contributed by atoms with Gasteiger partial charge in [-0.1, -0.05) is 30.0 Å². The van der Waals surface area contributed by atoms with Gasteiger partial charge in [0.25, 0.3) is 0 Å². The monoisotopic (exact) mass is 385 g/mol. The molecule has 3 amide bonds. The Morgan fingerprint density at radius 3 is 2.63 bits per heavy atom. The van der Waals surface area contributed by atoms with Crippen molar-refractivity contribution in [3.05, 3.63) is 48.7 Å². The maximum atomic E-state index is 12.2. The quantitative estimate of drug-likeness (QED) is 0.633. The number of imide groups is 1. The highest BCUT2D eigenvalue weighted by Gasteiger charge is 2.23. The first-order valence-electron chi connectivity index (χ1n) is 8.40. The molecular formula is C18H19N5O3S. The van der Waals surface area contributed by atoms with Gasteiger partial charge in [-0.25, -0.2) is 4.79 Å². The van der Waals surface area contributed by atoms with Crippen molar-refractivity contribution in [3.8, 4) is 17.3 Å². The van der Waals surface area contributed by atoms with E-state index < -0.39 is 17.2 Å². The van der Waals surface area contributed by atoms with Crippen LogP contribution in [-0.2, 0) is 4.79 Å². The number of rotatable bonds is 6. The molecule has 0 saturated carbocycles. The highest BCUT2D eigenvalue weighted by atomic mass is 32.2. The molecule has 9 heteroatoms. The minimum Gasteiger partial charge on any atom is -0.461 e. The third-order valence-corrected chi connectivity index (χ3v) is 4.66. The molecule has 2 N–H and O–H groups in total. The lowest BCUT2D eigenvalue weighted by molar-refractivity contribution is -0.119. The lowest BCUT2D eigenvalue weighted by Gasteiger charge is -2.13. The van der Waals surface area contributed by atoms with Crippen LogP contribution in [0.1, 0.15) is 13.8 Å². The van der Waals surface area contributed by atoms with E-state index in [4.69, 9.17) is 4.42 Å². The van der Waals surface area contributed by atoms with Gasteiger partial charge in [0.05, 0.1) is 11.5 Å². The van der Waals surface area contributed by atoms with Crippen LogP contribution >= 0.6 is 11.8 Å². The lowest BCUT2D eigenvalue weighted by Crippen LogP contribution is -2.42. The molecule has 0 saturated heterocycles. The predicted molar refractivity (Wildman–Crippen MR) is 102 cm³/mol. The predicted octanol–water partition coefficient (Wildman–Crippen LogP) is 2.85. The molecule has 140 valence electrons. The molecule has 3 rings (SSSR count). The number of carbonyl (C=O) groups is 2. The molecule has 0 aliphatic carbocycles. The number of urea groups is 1. The second-order valence-electron chi connectivity index (χ2n) is 5.56. The highest BCUT2D eigenvalue weighted by molar-refractivity contribution is 8.00. The van der Waals surface area contributed by atoms with E-state index in [1.54, 1.807) is 32.2 Å². The van der Waals surface area contributed by atoms with E-state index in [1.165, 1.54) is 11.8 Å². The van der Waals surface area contributed by atoms with Crippen molar-refractivity contribution in [1.29, 1.82) is 0 Å². The molecule has 0 fully saturated rings. The van der Waals surface area contributed by atoms with Gasteiger partial charge in [-0.3, -0.25) is 14.7 Å². The van der Waals surface area contributed by atoms with Crippen LogP contribution in [-0.4, -0.2) is 38.5 Å². The van der Waals surface area contributed by atoms with Gasteiger partial charge < -0.3 is 9.73 Å². The SMILES string of the molecule is CCNC(=O)NC(=O)C(C)Sc1nnc(-c2ccco2)n1-c1ccccc1. The summed E-state index contributed by atoms with van der Waals surface area (Å²) in [6.45, 7) is 3.92. The third-order valence-electron chi connectivity index (χ3n) is 3.61. The van der Waals surface area contributed by atoms with Crippen molar-refractivity contribution < 1.29 is 14.0 Å². The summed E-state index contributed by atoms with van der Waals surface area (Å²) in [4.78, 5) is 23.8. The van der Waals surface area contributed by atoms with Gasteiger partial charge in [-0.2, -0.15) is 0 Å². The highest BCUT2D eigenvalue weighted by Crippen LogP contribution is 2.30. The van der Waals surface area contributed by atoms with E-state index in [1.807, 2.05) is 34.9 Å². The smallest absolute Gasteiger partial charge is 0.321 e. The Labute approximate surface area is 160 Å². The maximum Gasteiger partial charge on any atom is 0.321 e. The third kappa shape index (κ3) is 4.37. The molecule has 0 spiro atoms. The number of furan rings is 1. The Morgan fingerprint density at radius 1 is 1.19 bits per heavy atom. The molecule has 0 radical (unpaired) electrons. The fourth-order valence-corrected chi connectivity index (χ4v) is 3.22. The largest absolute Gasteiger partial charge is 0.461 e. The molecule has 1 unspecified atom stereocenters. The number of benzene rings is 1. The fourth-order valence-electron chi connectivity index (χ4n) is 2.35. The normalized spacial score (nSPS) is 11.8. The number of aromatic nitrogens is 3. The second kappa shape index (κ2) is 8.54. The number of thioether (sulfide) groups is 1. The minimum absolute atomic E-state index is 0.409. The number of amides is 3. The molecule has 1 aromatic carbocycles. The van der Waals surface area contributed by atoms with Gasteiger partial charge in [0.2, 0.25) is 11.7 Å². The van der Waals surface area contributed by atoms with Crippen molar-refractivity contribution in [1.82, 2.24) is 25.4 Å². The Balaban J connectivity index is 1.87. The van der Waals surface area contributed by atoms with Crippen LogP contribution in [0.15, 0.2) is 58.3 Å². The summed E-state index contributed by atoms with van der Waals surface area (Å²) < 4.78 is 7.28. The number of para-hydroxylation sites is 1. The molecule has 0 aliphatic heterocycles. The first-order valence-corrected chi connectivity index (χ1v) is 9.28. The van der Waals surface area contributed by atoms with Crippen molar-refractivity contribution >= 4 is 23.7 Å². The second-order valence-corrected chi connectivity index (χ2v) is 6.87. The van der Waals surface area contributed by atoms with E-state index in [9.17, 15) is 9.59 Å². The summed E-state index contributed by atoms with van der Waals surface area (Å²) in [5, 5.41) is 13.3. The first kappa shape index (κ1) is 18.7. The average Bonchev–Trinajstić information content (AvgIpc) is 3.32. The molecular weight excluding hydrogens is 366 g/mol. The lowest BCUT2D eigenvalue weighted by atomic mass is 10.3. The standard InChI is InChI=1S/C18H19N5O3S/c1-3-19-17(25)20-16(24)12(2)27-18-22-21-15(14-10-7-11-26-14)23(18)13-8-5-4-6-9-13/h4-12H,3H2,1-2H3,(H2,19,20,24,25). The Morgan fingerprint density at radius 2 is 1.96 bits per heavy atom. The van der Waals surface area contributed by atoms with Crippen molar-refractivity contribution in [3.63, 3.8) is 0 Å². The van der Waals surface area contributed by atoms with E-state index >= 15 is 0 Å². The van der Waals surface area contributed by atoms with Gasteiger partial charge in [0.15, 0.2) is 10.9 Å². The van der Waals surface area contributed by atoms with E-state index in [2.05, 4.69) is 20.8 Å². The molecule has 8 nitrogen and oxygen atoms in total.